The standard InChI is InChI=1S/C20H20F5N3O5/c21-11-1-3-15(14(22)7-11)31-9-17(29)26-12-2-4-16(30-8-12)19-28-27-18(32-19)10-5-13(6-10)33-20(23,24)25/h1,3,7,10,12-13,16H,2,4-6,8-9H2,(H,26,29)/t10-,12-,13+,16+/m1/s1. The van der Waals surface area contributed by atoms with Crippen molar-refractivity contribution in [2.24, 2.45) is 0 Å². The van der Waals surface area contributed by atoms with E-state index < -0.39 is 42.7 Å². The van der Waals surface area contributed by atoms with Gasteiger partial charge < -0.3 is 19.2 Å². The molecule has 8 nitrogen and oxygen atoms in total. The minimum atomic E-state index is -4.67. The van der Waals surface area contributed by atoms with E-state index in [0.29, 0.717) is 18.9 Å². The fourth-order valence-electron chi connectivity index (χ4n) is 3.66. The molecule has 1 N–H and O–H groups in total. The number of hydrogen-bond donors (Lipinski definition) is 1. The Morgan fingerprint density at radius 3 is 2.58 bits per heavy atom. The third-order valence-corrected chi connectivity index (χ3v) is 5.37. The summed E-state index contributed by atoms with van der Waals surface area (Å²) in [4.78, 5) is 12.0. The van der Waals surface area contributed by atoms with E-state index in [1.165, 1.54) is 0 Å². The van der Waals surface area contributed by atoms with Crippen LogP contribution in [0.25, 0.3) is 0 Å². The van der Waals surface area contributed by atoms with Crippen molar-refractivity contribution in [2.75, 3.05) is 13.2 Å². The first-order chi connectivity index (χ1) is 15.7. The van der Waals surface area contributed by atoms with Crippen LogP contribution in [0.5, 0.6) is 5.75 Å². The van der Waals surface area contributed by atoms with Gasteiger partial charge in [-0.25, -0.2) is 8.78 Å². The number of carbonyl (C=O) groups excluding carboxylic acids is 1. The molecule has 4 rings (SSSR count). The minimum Gasteiger partial charge on any atom is -0.481 e. The summed E-state index contributed by atoms with van der Waals surface area (Å²) >= 11 is 0. The monoisotopic (exact) mass is 477 g/mol. The summed E-state index contributed by atoms with van der Waals surface area (Å²) in [5.74, 6) is -2.20. The molecular weight excluding hydrogens is 457 g/mol. The van der Waals surface area contributed by atoms with Crippen LogP contribution in [0.15, 0.2) is 22.6 Å². The van der Waals surface area contributed by atoms with Gasteiger partial charge in [-0.05, 0) is 37.8 Å². The van der Waals surface area contributed by atoms with Gasteiger partial charge in [0.1, 0.15) is 11.9 Å². The molecule has 1 saturated carbocycles. The summed E-state index contributed by atoms with van der Waals surface area (Å²) in [6, 6.07) is 2.46. The molecular formula is C20H20F5N3O5. The molecule has 1 saturated heterocycles. The molecule has 0 radical (unpaired) electrons. The van der Waals surface area contributed by atoms with E-state index in [4.69, 9.17) is 13.9 Å². The number of benzene rings is 1. The largest absolute Gasteiger partial charge is 0.522 e. The molecule has 1 aliphatic heterocycles. The number of hydrogen-bond acceptors (Lipinski definition) is 7. The number of carbonyl (C=O) groups is 1. The van der Waals surface area contributed by atoms with E-state index in [9.17, 15) is 26.7 Å². The lowest BCUT2D eigenvalue weighted by atomic mass is 9.82. The third-order valence-electron chi connectivity index (χ3n) is 5.37. The fourth-order valence-corrected chi connectivity index (χ4v) is 3.66. The second-order valence-corrected chi connectivity index (χ2v) is 7.86. The van der Waals surface area contributed by atoms with Gasteiger partial charge in [0.15, 0.2) is 18.2 Å². The highest BCUT2D eigenvalue weighted by molar-refractivity contribution is 5.77. The predicted molar refractivity (Wildman–Crippen MR) is 98.9 cm³/mol. The molecule has 0 bridgehead atoms. The van der Waals surface area contributed by atoms with E-state index >= 15 is 0 Å². The third kappa shape index (κ3) is 6.16. The van der Waals surface area contributed by atoms with Crippen LogP contribution in [0.1, 0.15) is 49.5 Å². The molecule has 13 heteroatoms. The lowest BCUT2D eigenvalue weighted by Crippen LogP contribution is -2.43. The van der Waals surface area contributed by atoms with Crippen LogP contribution in [0, 0.1) is 11.6 Å². The number of ether oxygens (including phenoxy) is 3. The summed E-state index contributed by atoms with van der Waals surface area (Å²) in [6.07, 6.45) is -4.79. The molecule has 33 heavy (non-hydrogen) atoms. The molecule has 2 fully saturated rings. The normalized spacial score (nSPS) is 25.4. The molecule has 1 aliphatic carbocycles. The first kappa shape index (κ1) is 23.4. The van der Waals surface area contributed by atoms with Gasteiger partial charge in [-0.15, -0.1) is 23.4 Å². The quantitative estimate of drug-likeness (QED) is 0.610. The Labute approximate surface area is 184 Å². The van der Waals surface area contributed by atoms with Gasteiger partial charge in [-0.3, -0.25) is 9.53 Å². The molecule has 2 atom stereocenters. The van der Waals surface area contributed by atoms with Gasteiger partial charge in [-0.2, -0.15) is 0 Å². The molecule has 2 aliphatic rings. The van der Waals surface area contributed by atoms with Crippen LogP contribution >= 0.6 is 0 Å². The molecule has 0 unspecified atom stereocenters. The van der Waals surface area contributed by atoms with Crippen molar-refractivity contribution in [3.63, 3.8) is 0 Å². The molecule has 1 aromatic carbocycles. The van der Waals surface area contributed by atoms with Crippen LogP contribution in [-0.2, 0) is 14.3 Å². The van der Waals surface area contributed by atoms with E-state index in [2.05, 4.69) is 20.3 Å². The summed E-state index contributed by atoms with van der Waals surface area (Å²) < 4.78 is 83.3. The highest BCUT2D eigenvalue weighted by atomic mass is 19.4. The van der Waals surface area contributed by atoms with Crippen LogP contribution in [-0.4, -0.2) is 47.8 Å². The van der Waals surface area contributed by atoms with Crippen molar-refractivity contribution >= 4 is 5.91 Å². The van der Waals surface area contributed by atoms with Crippen molar-refractivity contribution < 1.29 is 45.4 Å². The summed E-state index contributed by atoms with van der Waals surface area (Å²) in [5.41, 5.74) is 0. The second kappa shape index (κ2) is 9.59. The zero-order chi connectivity index (χ0) is 23.6. The van der Waals surface area contributed by atoms with Crippen molar-refractivity contribution in [1.29, 1.82) is 0 Å². The number of aromatic nitrogens is 2. The lowest BCUT2D eigenvalue weighted by Gasteiger charge is -2.33. The molecule has 1 amide bonds. The van der Waals surface area contributed by atoms with Gasteiger partial charge in [0, 0.05) is 12.0 Å². The Kier molecular flexibility index (Phi) is 6.79. The number of halogens is 5. The summed E-state index contributed by atoms with van der Waals surface area (Å²) in [6.45, 7) is -0.292. The van der Waals surface area contributed by atoms with Crippen molar-refractivity contribution in [2.45, 2.75) is 56.2 Å². The number of amides is 1. The van der Waals surface area contributed by atoms with Crippen LogP contribution < -0.4 is 10.1 Å². The Morgan fingerprint density at radius 1 is 1.15 bits per heavy atom. The maximum absolute atomic E-state index is 13.5. The van der Waals surface area contributed by atoms with Crippen molar-refractivity contribution in [1.82, 2.24) is 15.5 Å². The maximum Gasteiger partial charge on any atom is 0.522 e. The predicted octanol–water partition coefficient (Wildman–Crippen LogP) is 3.55. The van der Waals surface area contributed by atoms with Crippen molar-refractivity contribution in [3.8, 4) is 5.75 Å². The number of rotatable bonds is 7. The molecule has 180 valence electrons. The zero-order valence-corrected chi connectivity index (χ0v) is 17.1. The molecule has 0 spiro atoms. The number of nitrogens with zero attached hydrogens (tertiary/aromatic N) is 2. The van der Waals surface area contributed by atoms with Crippen LogP contribution in [0.2, 0.25) is 0 Å². The lowest BCUT2D eigenvalue weighted by molar-refractivity contribution is -0.352. The SMILES string of the molecule is O=C(COc1ccc(F)cc1F)N[C@@H]1CC[C@@H](c2nnc([C@H]3C[C@@H](OC(F)(F)F)C3)o2)OC1. The maximum atomic E-state index is 13.5. The van der Waals surface area contributed by atoms with Gasteiger partial charge in [0.25, 0.3) is 5.91 Å². The fraction of sp³-hybridized carbons (Fsp3) is 0.550. The molecule has 2 aromatic rings. The van der Waals surface area contributed by atoms with Gasteiger partial charge in [0.05, 0.1) is 18.8 Å². The van der Waals surface area contributed by atoms with Gasteiger partial charge in [0.2, 0.25) is 11.8 Å². The highest BCUT2D eigenvalue weighted by Gasteiger charge is 2.42. The van der Waals surface area contributed by atoms with Crippen molar-refractivity contribution in [3.05, 3.63) is 41.6 Å². The summed E-state index contributed by atoms with van der Waals surface area (Å²) in [7, 11) is 0. The second-order valence-electron chi connectivity index (χ2n) is 7.86. The van der Waals surface area contributed by atoms with Crippen LogP contribution in [0.3, 0.4) is 0 Å². The first-order valence-corrected chi connectivity index (χ1v) is 10.2. The average Bonchev–Trinajstić information content (AvgIpc) is 3.19. The van der Waals surface area contributed by atoms with Gasteiger partial charge in [-0.1, -0.05) is 0 Å². The number of nitrogens with one attached hydrogen (secondary N) is 1. The summed E-state index contributed by atoms with van der Waals surface area (Å²) in [5, 5.41) is 10.5. The number of alkyl halides is 3. The Balaban J connectivity index is 1.18. The topological polar surface area (TPSA) is 95.7 Å². The molecule has 2 heterocycles. The van der Waals surface area contributed by atoms with E-state index in [-0.39, 0.29) is 48.9 Å². The van der Waals surface area contributed by atoms with Crippen LogP contribution in [0.4, 0.5) is 22.0 Å². The minimum absolute atomic E-state index is 0.144. The Hall–Kier alpha value is -2.80. The zero-order valence-electron chi connectivity index (χ0n) is 17.1. The van der Waals surface area contributed by atoms with E-state index in [0.717, 1.165) is 12.1 Å². The Bertz CT molecular complexity index is 971. The highest BCUT2D eigenvalue weighted by Crippen LogP contribution is 2.41. The average molecular weight is 477 g/mol. The smallest absolute Gasteiger partial charge is 0.481 e. The first-order valence-electron chi connectivity index (χ1n) is 10.2. The van der Waals surface area contributed by atoms with E-state index in [1.54, 1.807) is 0 Å². The molecule has 1 aromatic heterocycles. The van der Waals surface area contributed by atoms with Gasteiger partial charge >= 0.3 is 6.36 Å². The van der Waals surface area contributed by atoms with E-state index in [1.807, 2.05) is 0 Å². The Morgan fingerprint density at radius 2 is 1.91 bits per heavy atom.